The molecule has 1 unspecified atom stereocenters. The molecule has 1 atom stereocenters. The van der Waals surface area contributed by atoms with Gasteiger partial charge >= 0.3 is 10.2 Å². The van der Waals surface area contributed by atoms with Crippen LogP contribution in [0.2, 0.25) is 0 Å². The number of rotatable bonds is 2. The first kappa shape index (κ1) is 11.5. The van der Waals surface area contributed by atoms with Crippen LogP contribution in [0, 0.1) is 0 Å². The molecule has 1 fully saturated rings. The van der Waals surface area contributed by atoms with E-state index in [2.05, 4.69) is 0 Å². The summed E-state index contributed by atoms with van der Waals surface area (Å²) in [5, 5.41) is 0.712. The lowest BCUT2D eigenvalue weighted by Crippen LogP contribution is -2.30. The Bertz CT molecular complexity index is 483. The highest BCUT2D eigenvalue weighted by Gasteiger charge is 2.35. The van der Waals surface area contributed by atoms with Gasteiger partial charge in [-0.2, -0.15) is 8.42 Å². The minimum absolute atomic E-state index is 0.0461. The van der Waals surface area contributed by atoms with Gasteiger partial charge in [-0.05, 0) is 17.9 Å². The molecule has 0 radical (unpaired) electrons. The summed E-state index contributed by atoms with van der Waals surface area (Å²) in [6, 6.07) is 3.42. The van der Waals surface area contributed by atoms with E-state index >= 15 is 0 Å². The van der Waals surface area contributed by atoms with Gasteiger partial charge in [0.1, 0.15) is 5.25 Å². The molecule has 0 bridgehead atoms. The molecule has 2 rings (SSSR count). The lowest BCUT2D eigenvalue weighted by atomic mass is 10.4. The summed E-state index contributed by atoms with van der Waals surface area (Å²) in [6.45, 7) is 0.250. The molecule has 1 aliphatic heterocycles. The van der Waals surface area contributed by atoms with Crippen LogP contribution in [0.25, 0.3) is 0 Å². The molecule has 1 saturated heterocycles. The smallest absolute Gasteiger partial charge is 0.307 e. The van der Waals surface area contributed by atoms with Gasteiger partial charge in [0.05, 0.1) is 4.88 Å². The first-order valence-corrected chi connectivity index (χ1v) is 7.07. The zero-order valence-electron chi connectivity index (χ0n) is 8.30. The van der Waals surface area contributed by atoms with E-state index in [-0.39, 0.29) is 18.9 Å². The van der Waals surface area contributed by atoms with E-state index in [0.717, 1.165) is 0 Å². The van der Waals surface area contributed by atoms with Crippen molar-refractivity contribution in [1.82, 2.24) is 4.90 Å². The number of hydrogen-bond donors (Lipinski definition) is 0. The molecule has 0 aromatic carbocycles. The number of carbonyl (C=O) groups is 1. The Labute approximate surface area is 96.9 Å². The molecule has 2 heterocycles. The quantitative estimate of drug-likeness (QED) is 0.755. The molecule has 1 aliphatic rings. The number of thiophene rings is 1. The second-order valence-corrected chi connectivity index (χ2v) is 6.18. The van der Waals surface area contributed by atoms with Crippen LogP contribution in [0.3, 0.4) is 0 Å². The monoisotopic (exact) mass is 263 g/mol. The Kier molecular flexibility index (Phi) is 2.98. The van der Waals surface area contributed by atoms with Crippen molar-refractivity contribution in [2.45, 2.75) is 11.7 Å². The van der Waals surface area contributed by atoms with Gasteiger partial charge in [0, 0.05) is 13.1 Å². The topological polar surface area (TPSA) is 54.5 Å². The molecular formula is C9H10FNO3S2. The van der Waals surface area contributed by atoms with Gasteiger partial charge in [0.2, 0.25) is 0 Å². The lowest BCUT2D eigenvalue weighted by molar-refractivity contribution is 0.0798. The summed E-state index contributed by atoms with van der Waals surface area (Å²) < 4.78 is 34.1. The van der Waals surface area contributed by atoms with Crippen LogP contribution in [-0.2, 0) is 10.2 Å². The van der Waals surface area contributed by atoms with Crippen molar-refractivity contribution < 1.29 is 17.1 Å². The van der Waals surface area contributed by atoms with Crippen LogP contribution in [0.15, 0.2) is 17.5 Å². The van der Waals surface area contributed by atoms with E-state index in [1.165, 1.54) is 16.2 Å². The van der Waals surface area contributed by atoms with Crippen molar-refractivity contribution in [3.63, 3.8) is 0 Å². The van der Waals surface area contributed by atoms with Crippen LogP contribution in [0.5, 0.6) is 0 Å². The molecule has 0 saturated carbocycles. The third-order valence-corrected chi connectivity index (χ3v) is 4.60. The van der Waals surface area contributed by atoms with Gasteiger partial charge in [-0.3, -0.25) is 4.79 Å². The molecule has 0 aliphatic carbocycles. The van der Waals surface area contributed by atoms with E-state index < -0.39 is 15.5 Å². The van der Waals surface area contributed by atoms with Crippen molar-refractivity contribution in [2.75, 3.05) is 13.1 Å². The van der Waals surface area contributed by atoms with Crippen molar-refractivity contribution in [2.24, 2.45) is 0 Å². The molecule has 16 heavy (non-hydrogen) atoms. The first-order chi connectivity index (χ1) is 7.48. The Morgan fingerprint density at radius 2 is 2.31 bits per heavy atom. The van der Waals surface area contributed by atoms with E-state index in [0.29, 0.717) is 11.4 Å². The van der Waals surface area contributed by atoms with E-state index in [9.17, 15) is 17.1 Å². The van der Waals surface area contributed by atoms with Crippen molar-refractivity contribution in [3.05, 3.63) is 22.4 Å². The third-order valence-electron chi connectivity index (χ3n) is 2.56. The average Bonchev–Trinajstić information content (AvgIpc) is 2.87. The molecular weight excluding hydrogens is 253 g/mol. The zero-order chi connectivity index (χ0) is 11.8. The van der Waals surface area contributed by atoms with Crippen molar-refractivity contribution >= 4 is 27.5 Å². The van der Waals surface area contributed by atoms with Gasteiger partial charge in [0.25, 0.3) is 5.91 Å². The minimum atomic E-state index is -4.53. The van der Waals surface area contributed by atoms with Crippen LogP contribution < -0.4 is 0 Å². The maximum absolute atomic E-state index is 12.7. The number of nitrogens with zero attached hydrogens (tertiary/aromatic N) is 1. The maximum Gasteiger partial charge on any atom is 0.307 e. The summed E-state index contributed by atoms with van der Waals surface area (Å²) in [6.07, 6.45) is 0.177. The van der Waals surface area contributed by atoms with Crippen LogP contribution in [-0.4, -0.2) is 37.6 Å². The fourth-order valence-corrected chi connectivity index (χ4v) is 3.13. The fourth-order valence-electron chi connectivity index (χ4n) is 1.70. The lowest BCUT2D eigenvalue weighted by Gasteiger charge is -2.14. The molecule has 0 spiro atoms. The molecule has 0 N–H and O–H groups in total. The summed E-state index contributed by atoms with van der Waals surface area (Å²) in [4.78, 5) is 13.7. The normalized spacial score (nSPS) is 21.3. The highest BCUT2D eigenvalue weighted by atomic mass is 32.3. The van der Waals surface area contributed by atoms with Crippen LogP contribution in [0.4, 0.5) is 3.89 Å². The number of hydrogen-bond acceptors (Lipinski definition) is 4. The van der Waals surface area contributed by atoms with Crippen LogP contribution in [0.1, 0.15) is 16.1 Å². The van der Waals surface area contributed by atoms with Crippen molar-refractivity contribution in [1.29, 1.82) is 0 Å². The summed E-state index contributed by atoms with van der Waals surface area (Å²) in [5.74, 6) is -0.221. The third kappa shape index (κ3) is 2.25. The second-order valence-electron chi connectivity index (χ2n) is 3.61. The van der Waals surface area contributed by atoms with Gasteiger partial charge in [-0.15, -0.1) is 15.2 Å². The highest BCUT2D eigenvalue weighted by molar-refractivity contribution is 7.87. The number of carbonyl (C=O) groups excluding carboxylic acids is 1. The van der Waals surface area contributed by atoms with Gasteiger partial charge in [-0.25, -0.2) is 0 Å². The van der Waals surface area contributed by atoms with Crippen LogP contribution >= 0.6 is 11.3 Å². The fraction of sp³-hybridized carbons (Fsp3) is 0.444. The summed E-state index contributed by atoms with van der Waals surface area (Å²) in [7, 11) is -4.53. The molecule has 1 aromatic heterocycles. The zero-order valence-corrected chi connectivity index (χ0v) is 9.93. The predicted molar refractivity (Wildman–Crippen MR) is 58.7 cm³/mol. The SMILES string of the molecule is O=C(c1cccs1)N1CCC(S(=O)(=O)F)C1. The summed E-state index contributed by atoms with van der Waals surface area (Å²) in [5.41, 5.74) is 0. The molecule has 7 heteroatoms. The molecule has 4 nitrogen and oxygen atoms in total. The second kappa shape index (κ2) is 4.14. The Hall–Kier alpha value is -0.950. The first-order valence-electron chi connectivity index (χ1n) is 4.75. The van der Waals surface area contributed by atoms with Gasteiger partial charge in [0.15, 0.2) is 0 Å². The average molecular weight is 263 g/mol. The Balaban J connectivity index is 2.08. The molecule has 1 amide bonds. The Morgan fingerprint density at radius 1 is 1.56 bits per heavy atom. The molecule has 88 valence electrons. The number of halogens is 1. The van der Waals surface area contributed by atoms with E-state index in [4.69, 9.17) is 0 Å². The van der Waals surface area contributed by atoms with E-state index in [1.807, 2.05) is 0 Å². The molecule has 1 aromatic rings. The van der Waals surface area contributed by atoms with Gasteiger partial charge < -0.3 is 4.90 Å². The van der Waals surface area contributed by atoms with Crippen molar-refractivity contribution in [3.8, 4) is 0 Å². The largest absolute Gasteiger partial charge is 0.336 e. The minimum Gasteiger partial charge on any atom is -0.336 e. The Morgan fingerprint density at radius 3 is 2.81 bits per heavy atom. The summed E-state index contributed by atoms with van der Waals surface area (Å²) >= 11 is 1.29. The highest BCUT2D eigenvalue weighted by Crippen LogP contribution is 2.21. The van der Waals surface area contributed by atoms with E-state index in [1.54, 1.807) is 17.5 Å². The number of likely N-dealkylation sites (tertiary alicyclic amines) is 1. The van der Waals surface area contributed by atoms with Gasteiger partial charge in [-0.1, -0.05) is 6.07 Å². The number of amides is 1. The standard InChI is InChI=1S/C9H10FNO3S2/c10-16(13,14)7-3-4-11(6-7)9(12)8-2-1-5-15-8/h1-2,5,7H,3-4,6H2. The maximum atomic E-state index is 12.7. The predicted octanol–water partition coefficient (Wildman–Crippen LogP) is 1.26.